The lowest BCUT2D eigenvalue weighted by atomic mass is 10.0. The van der Waals surface area contributed by atoms with Gasteiger partial charge in [0, 0.05) is 55.9 Å². The first kappa shape index (κ1) is 19.3. The zero-order valence-corrected chi connectivity index (χ0v) is 17.2. The number of anilines is 2. The number of nitrogens with one attached hydrogen (secondary N) is 2. The van der Waals surface area contributed by atoms with Crippen molar-refractivity contribution in [3.63, 3.8) is 0 Å². The number of rotatable bonds is 2. The number of hydrogen-bond donors (Lipinski definition) is 2. The maximum absolute atomic E-state index is 8.95. The number of nitrogens with zero attached hydrogens (tertiary/aromatic N) is 3. The van der Waals surface area contributed by atoms with Gasteiger partial charge >= 0.3 is 0 Å². The van der Waals surface area contributed by atoms with E-state index in [-0.39, 0.29) is 0 Å². The average molecular weight is 404 g/mol. The van der Waals surface area contributed by atoms with Crippen molar-refractivity contribution >= 4 is 34.3 Å². The van der Waals surface area contributed by atoms with Gasteiger partial charge in [-0.25, -0.2) is 0 Å². The lowest BCUT2D eigenvalue weighted by Crippen LogP contribution is -2.51. The van der Waals surface area contributed by atoms with E-state index in [9.17, 15) is 0 Å². The van der Waals surface area contributed by atoms with Crippen LogP contribution >= 0.6 is 12.2 Å². The Hall–Kier alpha value is -3.04. The second-order valence-corrected chi connectivity index (χ2v) is 7.71. The van der Waals surface area contributed by atoms with Crippen molar-refractivity contribution in [3.8, 4) is 6.07 Å². The molecule has 148 valence electrons. The summed E-state index contributed by atoms with van der Waals surface area (Å²) in [6.45, 7) is 4.59. The van der Waals surface area contributed by atoms with E-state index in [4.69, 9.17) is 17.5 Å². The number of allylic oxidation sites excluding steroid dienone is 1. The van der Waals surface area contributed by atoms with Gasteiger partial charge in [-0.3, -0.25) is 0 Å². The second kappa shape index (κ2) is 8.97. The van der Waals surface area contributed by atoms with E-state index < -0.39 is 0 Å². The molecule has 0 bridgehead atoms. The van der Waals surface area contributed by atoms with Crippen molar-refractivity contribution in [1.82, 2.24) is 10.2 Å². The van der Waals surface area contributed by atoms with Crippen LogP contribution in [0.25, 0.3) is 5.57 Å². The van der Waals surface area contributed by atoms with Crippen molar-refractivity contribution in [1.29, 1.82) is 5.26 Å². The van der Waals surface area contributed by atoms with Gasteiger partial charge in [0.2, 0.25) is 0 Å². The van der Waals surface area contributed by atoms with Crippen molar-refractivity contribution < 1.29 is 0 Å². The van der Waals surface area contributed by atoms with Crippen LogP contribution in [0.3, 0.4) is 0 Å². The Morgan fingerprint density at radius 3 is 2.59 bits per heavy atom. The summed E-state index contributed by atoms with van der Waals surface area (Å²) in [5.41, 5.74) is 5.60. The summed E-state index contributed by atoms with van der Waals surface area (Å²) < 4.78 is 0. The highest BCUT2D eigenvalue weighted by Gasteiger charge is 2.19. The molecule has 6 heteroatoms. The molecule has 0 saturated carbocycles. The van der Waals surface area contributed by atoms with Crippen LogP contribution in [0.1, 0.15) is 24.0 Å². The summed E-state index contributed by atoms with van der Waals surface area (Å²) in [5.74, 6) is 0. The summed E-state index contributed by atoms with van der Waals surface area (Å²) in [5, 5.41) is 16.6. The van der Waals surface area contributed by atoms with E-state index >= 15 is 0 Å². The minimum absolute atomic E-state index is 0.695. The van der Waals surface area contributed by atoms with Crippen LogP contribution in [0.5, 0.6) is 0 Å². The van der Waals surface area contributed by atoms with Gasteiger partial charge in [0.05, 0.1) is 11.6 Å². The number of piperazine rings is 1. The third kappa shape index (κ3) is 4.52. The van der Waals surface area contributed by atoms with Gasteiger partial charge < -0.3 is 20.4 Å². The molecule has 29 heavy (non-hydrogen) atoms. The van der Waals surface area contributed by atoms with Gasteiger partial charge in [-0.15, -0.1) is 0 Å². The first-order chi connectivity index (χ1) is 14.2. The van der Waals surface area contributed by atoms with Crippen molar-refractivity contribution in [3.05, 3.63) is 65.9 Å². The van der Waals surface area contributed by atoms with Crippen LogP contribution in [0.15, 0.2) is 54.7 Å². The summed E-state index contributed by atoms with van der Waals surface area (Å²) in [7, 11) is 0. The molecule has 1 fully saturated rings. The Morgan fingerprint density at radius 2 is 1.83 bits per heavy atom. The van der Waals surface area contributed by atoms with Gasteiger partial charge in [0.15, 0.2) is 5.11 Å². The first-order valence-electron chi connectivity index (χ1n) is 10.1. The smallest absolute Gasteiger partial charge is 0.173 e. The molecule has 0 unspecified atom stereocenters. The summed E-state index contributed by atoms with van der Waals surface area (Å²) in [6, 6.07) is 18.4. The molecule has 0 spiro atoms. The monoisotopic (exact) mass is 403 g/mol. The number of fused-ring (bicyclic) bond motifs is 1. The van der Waals surface area contributed by atoms with Crippen LogP contribution in [-0.4, -0.2) is 42.7 Å². The molecule has 1 saturated heterocycles. The number of hydrogen-bond acceptors (Lipinski definition) is 4. The third-order valence-corrected chi connectivity index (χ3v) is 5.89. The summed E-state index contributed by atoms with van der Waals surface area (Å²) in [4.78, 5) is 4.57. The van der Waals surface area contributed by atoms with Gasteiger partial charge in [-0.2, -0.15) is 5.26 Å². The molecule has 2 aliphatic rings. The number of nitriles is 1. The molecular formula is C23H25N5S. The Morgan fingerprint density at radius 1 is 1.07 bits per heavy atom. The molecule has 0 atom stereocenters. The molecule has 2 heterocycles. The highest BCUT2D eigenvalue weighted by molar-refractivity contribution is 7.80. The molecular weight excluding hydrogens is 378 g/mol. The maximum Gasteiger partial charge on any atom is 0.173 e. The van der Waals surface area contributed by atoms with Crippen molar-refractivity contribution in [2.75, 3.05) is 42.9 Å². The summed E-state index contributed by atoms with van der Waals surface area (Å²) >= 11 is 5.66. The van der Waals surface area contributed by atoms with E-state index in [1.807, 2.05) is 24.3 Å². The lowest BCUT2D eigenvalue weighted by Gasteiger charge is -2.37. The van der Waals surface area contributed by atoms with E-state index in [0.717, 1.165) is 56.4 Å². The maximum atomic E-state index is 8.95. The fourth-order valence-electron chi connectivity index (χ4n) is 3.86. The molecule has 0 aliphatic carbocycles. The number of para-hydroxylation sites is 1. The fourth-order valence-corrected chi connectivity index (χ4v) is 4.10. The zero-order valence-electron chi connectivity index (χ0n) is 16.4. The number of benzene rings is 2. The van der Waals surface area contributed by atoms with Crippen LogP contribution in [0.2, 0.25) is 0 Å². The number of thiocarbonyl (C=S) groups is 1. The molecule has 2 aromatic rings. The Balaban J connectivity index is 1.35. The molecule has 2 aromatic carbocycles. The van der Waals surface area contributed by atoms with E-state index in [1.165, 1.54) is 16.8 Å². The SMILES string of the molecule is N#Cc1ccc(N2CCN(C(=S)N/C=C3/CCCNc4ccccc43)CC2)cc1. The lowest BCUT2D eigenvalue weighted by molar-refractivity contribution is 0.384. The summed E-state index contributed by atoms with van der Waals surface area (Å²) in [6.07, 6.45) is 4.23. The zero-order chi connectivity index (χ0) is 20.1. The first-order valence-corrected chi connectivity index (χ1v) is 10.5. The Bertz CT molecular complexity index is 936. The molecule has 0 radical (unpaired) electrons. The molecule has 0 amide bonds. The molecule has 5 nitrogen and oxygen atoms in total. The fraction of sp³-hybridized carbons (Fsp3) is 0.304. The van der Waals surface area contributed by atoms with Crippen LogP contribution < -0.4 is 15.5 Å². The Labute approximate surface area is 177 Å². The predicted octanol–water partition coefficient (Wildman–Crippen LogP) is 3.80. The van der Waals surface area contributed by atoms with E-state index in [2.05, 4.69) is 57.0 Å². The topological polar surface area (TPSA) is 54.3 Å². The molecule has 2 aliphatic heterocycles. The van der Waals surface area contributed by atoms with Gasteiger partial charge in [0.1, 0.15) is 0 Å². The predicted molar refractivity (Wildman–Crippen MR) is 123 cm³/mol. The van der Waals surface area contributed by atoms with Crippen molar-refractivity contribution in [2.24, 2.45) is 0 Å². The van der Waals surface area contributed by atoms with E-state index in [1.54, 1.807) is 0 Å². The minimum Gasteiger partial charge on any atom is -0.385 e. The molecule has 0 aromatic heterocycles. The average Bonchev–Trinajstić information content (AvgIpc) is 3.00. The van der Waals surface area contributed by atoms with Crippen LogP contribution in [0.4, 0.5) is 11.4 Å². The van der Waals surface area contributed by atoms with Crippen molar-refractivity contribution in [2.45, 2.75) is 12.8 Å². The normalized spacial score (nSPS) is 17.7. The van der Waals surface area contributed by atoms with Crippen LogP contribution in [0, 0.1) is 11.3 Å². The van der Waals surface area contributed by atoms with Gasteiger partial charge in [-0.05, 0) is 61.0 Å². The van der Waals surface area contributed by atoms with Crippen LogP contribution in [-0.2, 0) is 0 Å². The third-order valence-electron chi connectivity index (χ3n) is 5.51. The standard InChI is InChI=1S/C23H25N5S/c24-16-18-7-9-20(10-8-18)27-12-14-28(15-13-27)23(29)26-17-19-4-3-11-25-22-6-2-1-5-21(19)22/h1-2,5-10,17,25H,3-4,11-15H2,(H,26,29)/b19-17-. The highest BCUT2D eigenvalue weighted by atomic mass is 32.1. The minimum atomic E-state index is 0.695. The quantitative estimate of drug-likeness (QED) is 0.744. The highest BCUT2D eigenvalue weighted by Crippen LogP contribution is 2.29. The molecule has 4 rings (SSSR count). The molecule has 2 N–H and O–H groups in total. The van der Waals surface area contributed by atoms with Gasteiger partial charge in [0.25, 0.3) is 0 Å². The largest absolute Gasteiger partial charge is 0.385 e. The Kier molecular flexibility index (Phi) is 5.97. The second-order valence-electron chi connectivity index (χ2n) is 7.33. The van der Waals surface area contributed by atoms with E-state index in [0.29, 0.717) is 5.56 Å². The van der Waals surface area contributed by atoms with Gasteiger partial charge in [-0.1, -0.05) is 18.2 Å².